The quantitative estimate of drug-likeness (QED) is 0.790. The largest absolute Gasteiger partial charge is 0.493 e. The molecular weight excluding hydrogens is 382 g/mol. The van der Waals surface area contributed by atoms with Crippen LogP contribution in [0.5, 0.6) is 5.75 Å². The van der Waals surface area contributed by atoms with Crippen molar-refractivity contribution in [1.82, 2.24) is 10.0 Å². The van der Waals surface area contributed by atoms with Crippen LogP contribution >= 0.6 is 0 Å². The molecule has 0 bridgehead atoms. The van der Waals surface area contributed by atoms with E-state index in [0.717, 1.165) is 37.8 Å². The number of nitrogens with two attached hydrogens (primary N) is 1. The first-order chi connectivity index (χ1) is 14.6. The van der Waals surface area contributed by atoms with E-state index in [2.05, 4.69) is 4.98 Å². The lowest BCUT2D eigenvalue weighted by atomic mass is 9.81. The molecule has 4 rings (SSSR count). The molecule has 158 valence electrons. The van der Waals surface area contributed by atoms with Gasteiger partial charge in [0.1, 0.15) is 11.8 Å². The van der Waals surface area contributed by atoms with Gasteiger partial charge >= 0.3 is 0 Å². The summed E-state index contributed by atoms with van der Waals surface area (Å²) >= 11 is 0. The zero-order valence-corrected chi connectivity index (χ0v) is 16.9. The van der Waals surface area contributed by atoms with E-state index in [1.165, 1.54) is 0 Å². The van der Waals surface area contributed by atoms with Crippen molar-refractivity contribution in [1.29, 1.82) is 0 Å². The fourth-order valence-corrected chi connectivity index (χ4v) is 4.24. The molecule has 2 heterocycles. The summed E-state index contributed by atoms with van der Waals surface area (Å²) in [5, 5.41) is 1.55. The molecule has 2 aromatic rings. The minimum absolute atomic E-state index is 0.0243. The normalized spacial score (nSPS) is 23.9. The van der Waals surface area contributed by atoms with Crippen LogP contribution in [-0.2, 0) is 9.63 Å². The zero-order chi connectivity index (χ0) is 20.9. The van der Waals surface area contributed by atoms with Crippen molar-refractivity contribution in [3.05, 3.63) is 59.9 Å². The summed E-state index contributed by atoms with van der Waals surface area (Å²) in [7, 11) is 0. The monoisotopic (exact) mass is 409 g/mol. The molecule has 7 nitrogen and oxygen atoms in total. The second-order valence-corrected chi connectivity index (χ2v) is 7.98. The molecule has 2 N–H and O–H groups in total. The highest BCUT2D eigenvalue weighted by Gasteiger charge is 2.37. The van der Waals surface area contributed by atoms with Crippen LogP contribution in [0.25, 0.3) is 0 Å². The number of primary amides is 1. The molecule has 0 radical (unpaired) electrons. The van der Waals surface area contributed by atoms with E-state index in [4.69, 9.17) is 15.3 Å². The van der Waals surface area contributed by atoms with Crippen LogP contribution < -0.4 is 10.5 Å². The summed E-state index contributed by atoms with van der Waals surface area (Å²) in [6.07, 6.45) is 6.02. The lowest BCUT2D eigenvalue weighted by molar-refractivity contribution is -0.183. The third kappa shape index (κ3) is 4.62. The average Bonchev–Trinajstić information content (AvgIpc) is 3.28. The van der Waals surface area contributed by atoms with Gasteiger partial charge in [0.15, 0.2) is 0 Å². The van der Waals surface area contributed by atoms with Crippen molar-refractivity contribution in [2.24, 2.45) is 17.6 Å². The molecule has 2 aliphatic rings. The molecule has 30 heavy (non-hydrogen) atoms. The minimum Gasteiger partial charge on any atom is -0.493 e. The SMILES string of the molecule is NC(=O)c1cccc(OC[C@H]2CC[C@H](C(=O)N3OCC[C@H]3c3ccccn3)CC2)c1. The fraction of sp³-hybridized carbons (Fsp3) is 0.435. The highest BCUT2D eigenvalue weighted by atomic mass is 16.7. The Morgan fingerprint density at radius 1 is 1.10 bits per heavy atom. The third-order valence-electron chi connectivity index (χ3n) is 5.95. The fourth-order valence-electron chi connectivity index (χ4n) is 4.24. The number of carbonyl (C=O) groups excluding carboxylic acids is 2. The van der Waals surface area contributed by atoms with Crippen LogP contribution in [0.3, 0.4) is 0 Å². The molecule has 1 aliphatic heterocycles. The summed E-state index contributed by atoms with van der Waals surface area (Å²) in [4.78, 5) is 34.4. The number of aromatic nitrogens is 1. The Morgan fingerprint density at radius 2 is 1.93 bits per heavy atom. The lowest BCUT2D eigenvalue weighted by Crippen LogP contribution is -2.37. The maximum atomic E-state index is 13.1. The van der Waals surface area contributed by atoms with E-state index < -0.39 is 5.91 Å². The molecule has 1 atom stereocenters. The van der Waals surface area contributed by atoms with E-state index in [1.807, 2.05) is 24.3 Å². The van der Waals surface area contributed by atoms with Crippen molar-refractivity contribution in [2.75, 3.05) is 13.2 Å². The first-order valence-corrected chi connectivity index (χ1v) is 10.5. The molecule has 7 heteroatoms. The third-order valence-corrected chi connectivity index (χ3v) is 5.95. The lowest BCUT2D eigenvalue weighted by Gasteiger charge is -2.31. The van der Waals surface area contributed by atoms with Crippen molar-refractivity contribution in [3.63, 3.8) is 0 Å². The second kappa shape index (κ2) is 9.26. The zero-order valence-electron chi connectivity index (χ0n) is 16.9. The summed E-state index contributed by atoms with van der Waals surface area (Å²) in [5.41, 5.74) is 6.64. The van der Waals surface area contributed by atoms with Gasteiger partial charge in [-0.15, -0.1) is 0 Å². The van der Waals surface area contributed by atoms with Gasteiger partial charge in [-0.3, -0.25) is 19.4 Å². The van der Waals surface area contributed by atoms with Gasteiger partial charge in [-0.05, 0) is 61.9 Å². The van der Waals surface area contributed by atoms with Crippen LogP contribution in [0, 0.1) is 11.8 Å². The van der Waals surface area contributed by atoms with E-state index in [0.29, 0.717) is 30.4 Å². The molecule has 1 aromatic carbocycles. The number of amides is 2. The van der Waals surface area contributed by atoms with Crippen molar-refractivity contribution in [2.45, 2.75) is 38.1 Å². The van der Waals surface area contributed by atoms with E-state index in [9.17, 15) is 9.59 Å². The highest BCUT2D eigenvalue weighted by Crippen LogP contribution is 2.35. The number of nitrogens with zero attached hydrogens (tertiary/aromatic N) is 2. The Hall–Kier alpha value is -2.93. The van der Waals surface area contributed by atoms with Crippen molar-refractivity contribution in [3.8, 4) is 5.75 Å². The number of hydroxylamine groups is 2. The van der Waals surface area contributed by atoms with E-state index >= 15 is 0 Å². The molecule has 2 amide bonds. The van der Waals surface area contributed by atoms with Crippen LogP contribution in [0.15, 0.2) is 48.7 Å². The second-order valence-electron chi connectivity index (χ2n) is 7.98. The molecule has 0 unspecified atom stereocenters. The Kier molecular flexibility index (Phi) is 6.28. The number of benzene rings is 1. The van der Waals surface area contributed by atoms with E-state index in [-0.39, 0.29) is 17.9 Å². The van der Waals surface area contributed by atoms with Crippen molar-refractivity contribution >= 4 is 11.8 Å². The van der Waals surface area contributed by atoms with Crippen LogP contribution in [-0.4, -0.2) is 35.1 Å². The van der Waals surface area contributed by atoms with Gasteiger partial charge in [0, 0.05) is 24.1 Å². The van der Waals surface area contributed by atoms with Crippen LogP contribution in [0.1, 0.15) is 54.2 Å². The molecular formula is C23H27N3O4. The highest BCUT2D eigenvalue weighted by molar-refractivity contribution is 5.93. The number of hydrogen-bond donors (Lipinski definition) is 1. The van der Waals surface area contributed by atoms with Crippen LogP contribution in [0.2, 0.25) is 0 Å². The smallest absolute Gasteiger partial charge is 0.249 e. The Morgan fingerprint density at radius 3 is 2.67 bits per heavy atom. The standard InChI is InChI=1S/C23H27N3O4/c24-22(27)18-4-3-5-19(14-18)29-15-16-7-9-17(10-8-16)23(28)26-21(11-13-30-26)20-6-1-2-12-25-20/h1-6,12,14,16-17,21H,7-11,13,15H2,(H2,24,27)/t16-,17-,21-/m0/s1. The summed E-state index contributed by atoms with van der Waals surface area (Å²) in [6, 6.07) is 12.6. The Bertz CT molecular complexity index is 881. The molecule has 1 aromatic heterocycles. The average molecular weight is 409 g/mol. The molecule has 1 saturated carbocycles. The van der Waals surface area contributed by atoms with Crippen LogP contribution in [0.4, 0.5) is 0 Å². The number of hydrogen-bond acceptors (Lipinski definition) is 5. The number of rotatable bonds is 6. The number of ether oxygens (including phenoxy) is 1. The van der Waals surface area contributed by atoms with Gasteiger partial charge in [-0.25, -0.2) is 5.06 Å². The maximum Gasteiger partial charge on any atom is 0.249 e. The van der Waals surface area contributed by atoms with Gasteiger partial charge in [-0.2, -0.15) is 0 Å². The van der Waals surface area contributed by atoms with Crippen molar-refractivity contribution < 1.29 is 19.2 Å². The molecule has 2 fully saturated rings. The molecule has 1 saturated heterocycles. The van der Waals surface area contributed by atoms with Gasteiger partial charge in [0.25, 0.3) is 0 Å². The van der Waals surface area contributed by atoms with Gasteiger partial charge in [0.2, 0.25) is 11.8 Å². The molecule has 0 spiro atoms. The molecule has 1 aliphatic carbocycles. The maximum absolute atomic E-state index is 13.1. The Balaban J connectivity index is 1.28. The topological polar surface area (TPSA) is 94.8 Å². The van der Waals surface area contributed by atoms with Gasteiger partial charge in [0.05, 0.1) is 18.9 Å². The number of carbonyl (C=O) groups is 2. The first kappa shape index (κ1) is 20.3. The summed E-state index contributed by atoms with van der Waals surface area (Å²) in [6.45, 7) is 1.11. The number of pyridine rings is 1. The van der Waals surface area contributed by atoms with Gasteiger partial charge < -0.3 is 10.5 Å². The van der Waals surface area contributed by atoms with Gasteiger partial charge in [-0.1, -0.05) is 12.1 Å². The van der Waals surface area contributed by atoms with E-state index in [1.54, 1.807) is 29.5 Å². The Labute approximate surface area is 176 Å². The predicted octanol–water partition coefficient (Wildman–Crippen LogP) is 3.27. The minimum atomic E-state index is -0.465. The first-order valence-electron chi connectivity index (χ1n) is 10.5. The predicted molar refractivity (Wildman–Crippen MR) is 110 cm³/mol. The summed E-state index contributed by atoms with van der Waals surface area (Å²) in [5.74, 6) is 0.610. The summed E-state index contributed by atoms with van der Waals surface area (Å²) < 4.78 is 5.87.